The standard InChI is InChI=1S/C18H14F4O3/c1-25-14-8-4-7-13-16(14)11(9-15(23)24)10-5-2-3-6-12(10)17(19,20)18(13,21)22/h2-8,11H,9H2,1H3,(H,23,24). The highest BCUT2D eigenvalue weighted by atomic mass is 19.3. The van der Waals surface area contributed by atoms with Gasteiger partial charge in [-0.1, -0.05) is 36.4 Å². The van der Waals surface area contributed by atoms with Crippen molar-refractivity contribution in [3.63, 3.8) is 0 Å². The van der Waals surface area contributed by atoms with Crippen molar-refractivity contribution in [2.45, 2.75) is 24.2 Å². The Morgan fingerprint density at radius 1 is 1.04 bits per heavy atom. The molecule has 0 heterocycles. The molecule has 0 aromatic heterocycles. The predicted octanol–water partition coefficient (Wildman–Crippen LogP) is 4.50. The van der Waals surface area contributed by atoms with Gasteiger partial charge in [-0.05, 0) is 11.6 Å². The molecule has 132 valence electrons. The fourth-order valence-corrected chi connectivity index (χ4v) is 3.32. The second-order valence-corrected chi connectivity index (χ2v) is 5.81. The summed E-state index contributed by atoms with van der Waals surface area (Å²) in [5, 5.41) is 9.22. The number of carbonyl (C=O) groups is 1. The van der Waals surface area contributed by atoms with Crippen LogP contribution in [0.2, 0.25) is 0 Å². The number of rotatable bonds is 3. The van der Waals surface area contributed by atoms with Gasteiger partial charge < -0.3 is 9.84 Å². The lowest BCUT2D eigenvalue weighted by molar-refractivity contribution is -0.223. The molecule has 1 unspecified atom stereocenters. The fourth-order valence-electron chi connectivity index (χ4n) is 3.32. The van der Waals surface area contributed by atoms with Crippen LogP contribution < -0.4 is 4.74 Å². The molecular formula is C18H14F4O3. The number of ether oxygens (including phenoxy) is 1. The van der Waals surface area contributed by atoms with E-state index >= 15 is 0 Å². The molecule has 1 aliphatic carbocycles. The van der Waals surface area contributed by atoms with Gasteiger partial charge in [0.05, 0.1) is 13.5 Å². The summed E-state index contributed by atoms with van der Waals surface area (Å²) < 4.78 is 64.1. The van der Waals surface area contributed by atoms with E-state index in [0.717, 1.165) is 12.1 Å². The SMILES string of the molecule is COc1cccc2c1C(CC(=O)O)c1ccccc1C(F)(F)C2(F)F. The average Bonchev–Trinajstić information content (AvgIpc) is 2.62. The zero-order valence-electron chi connectivity index (χ0n) is 13.1. The molecule has 0 amide bonds. The van der Waals surface area contributed by atoms with Crippen molar-refractivity contribution in [3.05, 3.63) is 64.7 Å². The summed E-state index contributed by atoms with van der Waals surface area (Å²) in [4.78, 5) is 11.3. The van der Waals surface area contributed by atoms with Crippen molar-refractivity contribution < 1.29 is 32.2 Å². The molecule has 3 rings (SSSR count). The van der Waals surface area contributed by atoms with E-state index in [1.807, 2.05) is 0 Å². The fraction of sp³-hybridized carbons (Fsp3) is 0.278. The first-order valence-corrected chi connectivity index (χ1v) is 7.46. The van der Waals surface area contributed by atoms with Gasteiger partial charge in [0, 0.05) is 22.6 Å². The van der Waals surface area contributed by atoms with Crippen LogP contribution in [-0.4, -0.2) is 18.2 Å². The molecule has 0 fully saturated rings. The van der Waals surface area contributed by atoms with E-state index in [1.165, 1.54) is 37.4 Å². The molecule has 0 bridgehead atoms. The number of fused-ring (bicyclic) bond motifs is 2. The van der Waals surface area contributed by atoms with Gasteiger partial charge in [-0.3, -0.25) is 4.79 Å². The Labute approximate surface area is 140 Å². The number of carboxylic acids is 1. The Morgan fingerprint density at radius 2 is 1.64 bits per heavy atom. The van der Waals surface area contributed by atoms with Gasteiger partial charge >= 0.3 is 17.8 Å². The third-order valence-electron chi connectivity index (χ3n) is 4.42. The molecule has 0 radical (unpaired) electrons. The van der Waals surface area contributed by atoms with Crippen molar-refractivity contribution in [1.29, 1.82) is 0 Å². The van der Waals surface area contributed by atoms with Gasteiger partial charge in [-0.25, -0.2) is 0 Å². The number of hydrogen-bond acceptors (Lipinski definition) is 2. The Balaban J connectivity index is 2.44. The highest BCUT2D eigenvalue weighted by Gasteiger charge is 2.62. The van der Waals surface area contributed by atoms with Crippen LogP contribution >= 0.6 is 0 Å². The van der Waals surface area contributed by atoms with Gasteiger partial charge in [0.2, 0.25) is 0 Å². The molecule has 2 aromatic carbocycles. The molecule has 0 aliphatic heterocycles. The van der Waals surface area contributed by atoms with E-state index in [-0.39, 0.29) is 16.9 Å². The Bertz CT molecular complexity index is 833. The third-order valence-corrected chi connectivity index (χ3v) is 4.42. The van der Waals surface area contributed by atoms with E-state index in [9.17, 15) is 27.5 Å². The number of halogens is 4. The lowest BCUT2D eigenvalue weighted by Gasteiger charge is -2.27. The van der Waals surface area contributed by atoms with Crippen molar-refractivity contribution in [1.82, 2.24) is 0 Å². The van der Waals surface area contributed by atoms with Gasteiger partial charge in [0.1, 0.15) is 5.75 Å². The van der Waals surface area contributed by atoms with Gasteiger partial charge in [-0.15, -0.1) is 0 Å². The maximum Gasteiger partial charge on any atom is 0.340 e. The molecule has 1 N–H and O–H groups in total. The first-order chi connectivity index (χ1) is 11.7. The van der Waals surface area contributed by atoms with E-state index in [4.69, 9.17) is 4.74 Å². The lowest BCUT2D eigenvalue weighted by atomic mass is 9.85. The first-order valence-electron chi connectivity index (χ1n) is 7.46. The molecule has 0 saturated carbocycles. The van der Waals surface area contributed by atoms with Gasteiger partial charge in [0.15, 0.2) is 0 Å². The highest BCUT2D eigenvalue weighted by molar-refractivity contribution is 5.71. The van der Waals surface area contributed by atoms with Crippen LogP contribution in [0.15, 0.2) is 42.5 Å². The number of hydrogen-bond donors (Lipinski definition) is 1. The summed E-state index contributed by atoms with van der Waals surface area (Å²) >= 11 is 0. The summed E-state index contributed by atoms with van der Waals surface area (Å²) in [6.07, 6.45) is -0.615. The molecule has 0 spiro atoms. The molecule has 25 heavy (non-hydrogen) atoms. The number of methoxy groups -OCH3 is 1. The predicted molar refractivity (Wildman–Crippen MR) is 81.3 cm³/mol. The number of alkyl halides is 4. The van der Waals surface area contributed by atoms with E-state index in [2.05, 4.69) is 0 Å². The molecule has 2 aromatic rings. The smallest absolute Gasteiger partial charge is 0.340 e. The second kappa shape index (κ2) is 5.75. The molecule has 0 saturated heterocycles. The molecule has 7 heteroatoms. The van der Waals surface area contributed by atoms with Crippen LogP contribution in [0, 0.1) is 0 Å². The normalized spacial score (nSPS) is 20.1. The average molecular weight is 354 g/mol. The van der Waals surface area contributed by atoms with E-state index in [0.29, 0.717) is 0 Å². The lowest BCUT2D eigenvalue weighted by Crippen LogP contribution is -2.35. The van der Waals surface area contributed by atoms with Crippen LogP contribution in [-0.2, 0) is 16.6 Å². The summed E-state index contributed by atoms with van der Waals surface area (Å²) in [7, 11) is 1.22. The van der Waals surface area contributed by atoms with Crippen LogP contribution in [0.1, 0.15) is 34.6 Å². The monoisotopic (exact) mass is 354 g/mol. The minimum absolute atomic E-state index is 0.0454. The number of carboxylic acid groups (broad SMARTS) is 1. The summed E-state index contributed by atoms with van der Waals surface area (Å²) in [5.41, 5.74) is -2.15. The van der Waals surface area contributed by atoms with Crippen molar-refractivity contribution in [3.8, 4) is 5.75 Å². The largest absolute Gasteiger partial charge is 0.496 e. The van der Waals surface area contributed by atoms with Crippen LogP contribution in [0.5, 0.6) is 5.75 Å². The molecular weight excluding hydrogens is 340 g/mol. The summed E-state index contributed by atoms with van der Waals surface area (Å²) in [6, 6.07) is 8.26. The minimum Gasteiger partial charge on any atom is -0.496 e. The second-order valence-electron chi connectivity index (χ2n) is 5.81. The first kappa shape index (κ1) is 17.3. The highest BCUT2D eigenvalue weighted by Crippen LogP contribution is 2.57. The molecule has 1 atom stereocenters. The van der Waals surface area contributed by atoms with Crippen molar-refractivity contribution in [2.24, 2.45) is 0 Å². The maximum absolute atomic E-state index is 14.8. The maximum atomic E-state index is 14.8. The topological polar surface area (TPSA) is 46.5 Å². The summed E-state index contributed by atoms with van der Waals surface area (Å²) in [6.45, 7) is 0. The van der Waals surface area contributed by atoms with Crippen LogP contribution in [0.4, 0.5) is 17.6 Å². The minimum atomic E-state index is -4.51. The summed E-state index contributed by atoms with van der Waals surface area (Å²) in [5.74, 6) is -11.5. The Hall–Kier alpha value is -2.57. The molecule has 3 nitrogen and oxygen atoms in total. The quantitative estimate of drug-likeness (QED) is 0.826. The van der Waals surface area contributed by atoms with E-state index in [1.54, 1.807) is 0 Å². The van der Waals surface area contributed by atoms with Crippen molar-refractivity contribution >= 4 is 5.97 Å². The zero-order chi connectivity index (χ0) is 18.4. The Kier molecular flexibility index (Phi) is 3.97. The Morgan fingerprint density at radius 3 is 2.28 bits per heavy atom. The van der Waals surface area contributed by atoms with Crippen LogP contribution in [0.25, 0.3) is 0 Å². The number of benzene rings is 2. The number of aliphatic carboxylic acids is 1. The third kappa shape index (κ3) is 2.45. The van der Waals surface area contributed by atoms with Crippen LogP contribution in [0.3, 0.4) is 0 Å². The van der Waals surface area contributed by atoms with Gasteiger partial charge in [0.25, 0.3) is 0 Å². The zero-order valence-corrected chi connectivity index (χ0v) is 13.1. The van der Waals surface area contributed by atoms with Crippen molar-refractivity contribution in [2.75, 3.05) is 7.11 Å². The molecule has 1 aliphatic rings. The van der Waals surface area contributed by atoms with E-state index < -0.39 is 41.3 Å². The van der Waals surface area contributed by atoms with Gasteiger partial charge in [-0.2, -0.15) is 17.6 Å².